The van der Waals surface area contributed by atoms with Gasteiger partial charge in [-0.15, -0.1) is 0 Å². The van der Waals surface area contributed by atoms with Crippen LogP contribution in [0.2, 0.25) is 0 Å². The van der Waals surface area contributed by atoms with E-state index in [-0.39, 0.29) is 29.9 Å². The smallest absolute Gasteiger partial charge is 0.262 e. The van der Waals surface area contributed by atoms with Gasteiger partial charge in [0.25, 0.3) is 5.91 Å². The second-order valence-electron chi connectivity index (χ2n) is 7.30. The van der Waals surface area contributed by atoms with Crippen LogP contribution in [0.1, 0.15) is 43.2 Å². The highest BCUT2D eigenvalue weighted by Gasteiger charge is 2.18. The molecule has 0 heterocycles. The molecule has 1 aliphatic rings. The standard InChI is InChI=1S/C24H25FN2O3/c1-29-23-14-18(9-12-22(23)30-16-17-7-10-20(25)11-8-17)13-19(15-26)24(28)27-21-5-3-2-4-6-21/h7-14,21H,2-6,16H2,1H3,(H,27,28)/b19-13+. The van der Waals surface area contributed by atoms with Gasteiger partial charge in [0, 0.05) is 6.04 Å². The number of methoxy groups -OCH3 is 1. The lowest BCUT2D eigenvalue weighted by Gasteiger charge is -2.22. The van der Waals surface area contributed by atoms with Crippen molar-refractivity contribution in [2.45, 2.75) is 44.8 Å². The Balaban J connectivity index is 1.69. The summed E-state index contributed by atoms with van der Waals surface area (Å²) >= 11 is 0. The van der Waals surface area contributed by atoms with Crippen LogP contribution < -0.4 is 14.8 Å². The second kappa shape index (κ2) is 10.4. The van der Waals surface area contributed by atoms with Crippen molar-refractivity contribution in [2.75, 3.05) is 7.11 Å². The lowest BCUT2D eigenvalue weighted by atomic mass is 9.95. The molecule has 2 aromatic rings. The average Bonchev–Trinajstić information content (AvgIpc) is 2.78. The summed E-state index contributed by atoms with van der Waals surface area (Å²) in [6.07, 6.45) is 6.87. The molecule has 1 N–H and O–H groups in total. The van der Waals surface area contributed by atoms with Crippen LogP contribution >= 0.6 is 0 Å². The lowest BCUT2D eigenvalue weighted by molar-refractivity contribution is -0.117. The summed E-state index contributed by atoms with van der Waals surface area (Å²) < 4.78 is 24.2. The minimum atomic E-state index is -0.347. The van der Waals surface area contributed by atoms with Gasteiger partial charge in [-0.3, -0.25) is 4.79 Å². The average molecular weight is 408 g/mol. The quantitative estimate of drug-likeness (QED) is 0.529. The van der Waals surface area contributed by atoms with E-state index in [1.807, 2.05) is 6.07 Å². The summed E-state index contributed by atoms with van der Waals surface area (Å²) in [6.45, 7) is 0.263. The van der Waals surface area contributed by atoms with Crippen molar-refractivity contribution in [3.63, 3.8) is 0 Å². The Morgan fingerprint density at radius 2 is 1.90 bits per heavy atom. The summed E-state index contributed by atoms with van der Waals surface area (Å²) in [6, 6.07) is 13.4. The number of carbonyl (C=O) groups excluding carboxylic acids is 1. The normalized spacial score (nSPS) is 14.6. The highest BCUT2D eigenvalue weighted by Crippen LogP contribution is 2.30. The van der Waals surface area contributed by atoms with Crippen LogP contribution in [0.15, 0.2) is 48.0 Å². The zero-order chi connectivity index (χ0) is 21.3. The number of amides is 1. The van der Waals surface area contributed by atoms with E-state index in [1.165, 1.54) is 25.7 Å². The third kappa shape index (κ3) is 5.84. The molecule has 156 valence electrons. The fraction of sp³-hybridized carbons (Fsp3) is 0.333. The van der Waals surface area contributed by atoms with E-state index < -0.39 is 0 Å². The maximum atomic E-state index is 13.0. The van der Waals surface area contributed by atoms with Gasteiger partial charge < -0.3 is 14.8 Å². The molecule has 1 saturated carbocycles. The van der Waals surface area contributed by atoms with E-state index in [1.54, 1.807) is 36.4 Å². The van der Waals surface area contributed by atoms with Gasteiger partial charge in [-0.1, -0.05) is 37.5 Å². The van der Waals surface area contributed by atoms with Gasteiger partial charge in [0.05, 0.1) is 7.11 Å². The molecule has 5 nitrogen and oxygen atoms in total. The molecule has 1 fully saturated rings. The van der Waals surface area contributed by atoms with Crippen molar-refractivity contribution >= 4 is 12.0 Å². The number of nitrogens with zero attached hydrogens (tertiary/aromatic N) is 1. The highest BCUT2D eigenvalue weighted by molar-refractivity contribution is 6.01. The van der Waals surface area contributed by atoms with Crippen molar-refractivity contribution < 1.29 is 18.7 Å². The molecule has 0 aromatic heterocycles. The summed E-state index contributed by atoms with van der Waals surface area (Å²) in [5, 5.41) is 12.4. The topological polar surface area (TPSA) is 71.3 Å². The summed E-state index contributed by atoms with van der Waals surface area (Å²) in [7, 11) is 1.52. The number of nitrogens with one attached hydrogen (secondary N) is 1. The van der Waals surface area contributed by atoms with Gasteiger partial charge >= 0.3 is 0 Å². The maximum absolute atomic E-state index is 13.0. The second-order valence-corrected chi connectivity index (χ2v) is 7.30. The molecule has 1 aliphatic carbocycles. The predicted molar refractivity (Wildman–Crippen MR) is 112 cm³/mol. The maximum Gasteiger partial charge on any atom is 0.262 e. The minimum absolute atomic E-state index is 0.0580. The molecule has 0 unspecified atom stereocenters. The molecule has 1 amide bonds. The summed E-state index contributed by atoms with van der Waals surface area (Å²) in [5.41, 5.74) is 1.55. The van der Waals surface area contributed by atoms with Crippen molar-refractivity contribution in [1.29, 1.82) is 5.26 Å². The van der Waals surface area contributed by atoms with E-state index in [9.17, 15) is 14.4 Å². The Morgan fingerprint density at radius 1 is 1.17 bits per heavy atom. The Labute approximate surface area is 176 Å². The Bertz CT molecular complexity index is 942. The van der Waals surface area contributed by atoms with Crippen LogP contribution in [0.5, 0.6) is 11.5 Å². The van der Waals surface area contributed by atoms with Gasteiger partial charge in [0.2, 0.25) is 0 Å². The lowest BCUT2D eigenvalue weighted by Crippen LogP contribution is -2.36. The molecule has 0 aliphatic heterocycles. The van der Waals surface area contributed by atoms with E-state index in [0.717, 1.165) is 31.2 Å². The van der Waals surface area contributed by atoms with Gasteiger partial charge in [0.15, 0.2) is 11.5 Å². The zero-order valence-corrected chi connectivity index (χ0v) is 17.0. The van der Waals surface area contributed by atoms with Crippen molar-refractivity contribution in [2.24, 2.45) is 0 Å². The Kier molecular flexibility index (Phi) is 7.45. The number of hydrogen-bond acceptors (Lipinski definition) is 4. The highest BCUT2D eigenvalue weighted by atomic mass is 19.1. The first-order valence-electron chi connectivity index (χ1n) is 10.1. The summed E-state index contributed by atoms with van der Waals surface area (Å²) in [5.74, 6) is 0.355. The first kappa shape index (κ1) is 21.4. The zero-order valence-electron chi connectivity index (χ0n) is 17.0. The molecule has 0 radical (unpaired) electrons. The Morgan fingerprint density at radius 3 is 2.57 bits per heavy atom. The molecule has 0 saturated heterocycles. The number of benzene rings is 2. The predicted octanol–water partition coefficient (Wildman–Crippen LogP) is 4.77. The number of hydrogen-bond donors (Lipinski definition) is 1. The molecular formula is C24H25FN2O3. The monoisotopic (exact) mass is 408 g/mol. The molecule has 3 rings (SSSR count). The van der Waals surface area contributed by atoms with Crippen LogP contribution in [0.3, 0.4) is 0 Å². The first-order valence-corrected chi connectivity index (χ1v) is 10.1. The van der Waals surface area contributed by atoms with E-state index in [0.29, 0.717) is 17.1 Å². The SMILES string of the molecule is COc1cc(/C=C(\C#N)C(=O)NC2CCCCC2)ccc1OCc1ccc(F)cc1. The van der Waals surface area contributed by atoms with Crippen molar-refractivity contribution in [3.8, 4) is 17.6 Å². The molecule has 0 spiro atoms. The van der Waals surface area contributed by atoms with E-state index in [4.69, 9.17) is 9.47 Å². The molecular weight excluding hydrogens is 383 g/mol. The molecule has 2 aromatic carbocycles. The number of carbonyl (C=O) groups is 1. The van der Waals surface area contributed by atoms with Crippen molar-refractivity contribution in [3.05, 3.63) is 65.0 Å². The first-order chi connectivity index (χ1) is 14.6. The third-order valence-electron chi connectivity index (χ3n) is 5.11. The summed E-state index contributed by atoms with van der Waals surface area (Å²) in [4.78, 5) is 12.5. The van der Waals surface area contributed by atoms with Crippen molar-refractivity contribution in [1.82, 2.24) is 5.32 Å². The van der Waals surface area contributed by atoms with Crippen LogP contribution in [0.25, 0.3) is 6.08 Å². The number of nitriles is 1. The fourth-order valence-corrected chi connectivity index (χ4v) is 3.46. The molecule has 30 heavy (non-hydrogen) atoms. The minimum Gasteiger partial charge on any atom is -0.493 e. The molecule has 0 bridgehead atoms. The number of ether oxygens (including phenoxy) is 2. The fourth-order valence-electron chi connectivity index (χ4n) is 3.46. The largest absolute Gasteiger partial charge is 0.493 e. The van der Waals surface area contributed by atoms with Gasteiger partial charge in [0.1, 0.15) is 24.1 Å². The number of halogens is 1. The number of rotatable bonds is 7. The van der Waals surface area contributed by atoms with Crippen LogP contribution in [0, 0.1) is 17.1 Å². The van der Waals surface area contributed by atoms with E-state index >= 15 is 0 Å². The van der Waals surface area contributed by atoms with Crippen LogP contribution in [-0.4, -0.2) is 19.1 Å². The molecule has 6 heteroatoms. The van der Waals surface area contributed by atoms with Gasteiger partial charge in [-0.2, -0.15) is 5.26 Å². The Hall–Kier alpha value is -3.33. The van der Waals surface area contributed by atoms with Crippen LogP contribution in [-0.2, 0) is 11.4 Å². The van der Waals surface area contributed by atoms with Gasteiger partial charge in [-0.25, -0.2) is 4.39 Å². The van der Waals surface area contributed by atoms with Gasteiger partial charge in [-0.05, 0) is 54.3 Å². The van der Waals surface area contributed by atoms with E-state index in [2.05, 4.69) is 5.32 Å². The third-order valence-corrected chi connectivity index (χ3v) is 5.11. The molecule has 0 atom stereocenters. The van der Waals surface area contributed by atoms with Crippen LogP contribution in [0.4, 0.5) is 4.39 Å².